The molecular formula is C14H19ClOS. The maximum Gasteiger partial charge on any atom is 0.0665 e. The highest BCUT2D eigenvalue weighted by Gasteiger charge is 2.21. The second kappa shape index (κ2) is 6.67. The SMILES string of the molecule is CSC[C@H]1CC[C@@H](Cc2ccc(Cl)cc2)CO1. The van der Waals surface area contributed by atoms with Crippen molar-refractivity contribution >= 4 is 23.4 Å². The number of ether oxygens (including phenoxy) is 1. The van der Waals surface area contributed by atoms with Gasteiger partial charge < -0.3 is 4.74 Å². The van der Waals surface area contributed by atoms with Crippen LogP contribution in [0.25, 0.3) is 0 Å². The quantitative estimate of drug-likeness (QED) is 0.817. The number of rotatable bonds is 4. The van der Waals surface area contributed by atoms with Gasteiger partial charge in [-0.2, -0.15) is 11.8 Å². The molecule has 0 N–H and O–H groups in total. The van der Waals surface area contributed by atoms with Gasteiger partial charge in [0.05, 0.1) is 12.7 Å². The van der Waals surface area contributed by atoms with Crippen molar-refractivity contribution in [3.63, 3.8) is 0 Å². The summed E-state index contributed by atoms with van der Waals surface area (Å²) >= 11 is 7.76. The van der Waals surface area contributed by atoms with Crippen LogP contribution in [0.3, 0.4) is 0 Å². The van der Waals surface area contributed by atoms with Gasteiger partial charge in [0.1, 0.15) is 0 Å². The molecule has 0 bridgehead atoms. The molecule has 0 saturated carbocycles. The molecule has 1 nitrogen and oxygen atoms in total. The first-order chi connectivity index (χ1) is 8.28. The van der Waals surface area contributed by atoms with Gasteiger partial charge in [-0.25, -0.2) is 0 Å². The Morgan fingerprint density at radius 1 is 1.29 bits per heavy atom. The van der Waals surface area contributed by atoms with Crippen LogP contribution in [0.15, 0.2) is 24.3 Å². The van der Waals surface area contributed by atoms with Crippen molar-refractivity contribution in [3.8, 4) is 0 Å². The summed E-state index contributed by atoms with van der Waals surface area (Å²) in [5.41, 5.74) is 1.37. The molecule has 1 saturated heterocycles. The maximum absolute atomic E-state index is 5.88. The van der Waals surface area contributed by atoms with Crippen LogP contribution in [0.4, 0.5) is 0 Å². The summed E-state index contributed by atoms with van der Waals surface area (Å²) in [6, 6.07) is 8.18. The zero-order valence-electron chi connectivity index (χ0n) is 10.2. The number of thioether (sulfide) groups is 1. The van der Waals surface area contributed by atoms with Crippen molar-refractivity contribution in [3.05, 3.63) is 34.9 Å². The van der Waals surface area contributed by atoms with Gasteiger partial charge in [-0.15, -0.1) is 0 Å². The second-order valence-corrected chi connectivity index (χ2v) is 6.03. The number of hydrogen-bond donors (Lipinski definition) is 0. The highest BCUT2D eigenvalue weighted by atomic mass is 35.5. The summed E-state index contributed by atoms with van der Waals surface area (Å²) in [4.78, 5) is 0. The Kier molecular flexibility index (Phi) is 5.20. The Bertz CT molecular complexity index is 331. The summed E-state index contributed by atoms with van der Waals surface area (Å²) < 4.78 is 5.88. The molecule has 17 heavy (non-hydrogen) atoms. The van der Waals surface area contributed by atoms with E-state index in [-0.39, 0.29) is 0 Å². The average molecular weight is 271 g/mol. The van der Waals surface area contributed by atoms with E-state index in [4.69, 9.17) is 16.3 Å². The predicted molar refractivity (Wildman–Crippen MR) is 76.0 cm³/mol. The largest absolute Gasteiger partial charge is 0.377 e. The summed E-state index contributed by atoms with van der Waals surface area (Å²) in [6.07, 6.45) is 6.23. The Balaban J connectivity index is 1.79. The van der Waals surface area contributed by atoms with Gasteiger partial charge in [0.15, 0.2) is 0 Å². The first-order valence-electron chi connectivity index (χ1n) is 6.13. The minimum absolute atomic E-state index is 0.478. The summed E-state index contributed by atoms with van der Waals surface area (Å²) in [5.74, 6) is 1.81. The molecule has 0 aromatic heterocycles. The van der Waals surface area contributed by atoms with Gasteiger partial charge in [0.25, 0.3) is 0 Å². The highest BCUT2D eigenvalue weighted by Crippen LogP contribution is 2.24. The first kappa shape index (κ1) is 13.3. The number of halogens is 1. The van der Waals surface area contributed by atoms with Crippen LogP contribution in [-0.2, 0) is 11.2 Å². The zero-order valence-corrected chi connectivity index (χ0v) is 11.8. The molecule has 1 aliphatic rings. The molecule has 0 radical (unpaired) electrons. The molecule has 0 spiro atoms. The van der Waals surface area contributed by atoms with E-state index in [0.29, 0.717) is 12.0 Å². The lowest BCUT2D eigenvalue weighted by Crippen LogP contribution is -2.28. The Morgan fingerprint density at radius 2 is 2.06 bits per heavy atom. The summed E-state index contributed by atoms with van der Waals surface area (Å²) in [7, 11) is 0. The lowest BCUT2D eigenvalue weighted by Gasteiger charge is -2.28. The fourth-order valence-electron chi connectivity index (χ4n) is 2.29. The molecule has 2 rings (SSSR count). The minimum atomic E-state index is 0.478. The number of benzene rings is 1. The van der Waals surface area contributed by atoms with E-state index in [0.717, 1.165) is 23.8 Å². The van der Waals surface area contributed by atoms with Crippen molar-refractivity contribution < 1.29 is 4.74 Å². The van der Waals surface area contributed by atoms with Gasteiger partial charge in [-0.05, 0) is 49.1 Å². The van der Waals surface area contributed by atoms with Crippen molar-refractivity contribution in [1.82, 2.24) is 0 Å². The van der Waals surface area contributed by atoms with E-state index in [2.05, 4.69) is 18.4 Å². The van der Waals surface area contributed by atoms with Gasteiger partial charge in [0, 0.05) is 10.8 Å². The summed E-state index contributed by atoms with van der Waals surface area (Å²) in [6.45, 7) is 0.911. The lowest BCUT2D eigenvalue weighted by atomic mass is 9.92. The van der Waals surface area contributed by atoms with Crippen LogP contribution in [0.1, 0.15) is 18.4 Å². The van der Waals surface area contributed by atoms with Crippen LogP contribution in [0, 0.1) is 5.92 Å². The van der Waals surface area contributed by atoms with Crippen LogP contribution in [0.5, 0.6) is 0 Å². The smallest absolute Gasteiger partial charge is 0.0665 e. The third kappa shape index (κ3) is 4.20. The van der Waals surface area contributed by atoms with Crippen LogP contribution < -0.4 is 0 Å². The Morgan fingerprint density at radius 3 is 2.65 bits per heavy atom. The van der Waals surface area contributed by atoms with Gasteiger partial charge >= 0.3 is 0 Å². The fourth-order valence-corrected chi connectivity index (χ4v) is 3.05. The van der Waals surface area contributed by atoms with Crippen LogP contribution in [-0.4, -0.2) is 24.7 Å². The molecular weight excluding hydrogens is 252 g/mol. The normalized spacial score (nSPS) is 24.8. The Labute approximate surface area is 113 Å². The fraction of sp³-hybridized carbons (Fsp3) is 0.571. The topological polar surface area (TPSA) is 9.23 Å². The van der Waals surface area contributed by atoms with E-state index in [1.807, 2.05) is 23.9 Å². The lowest BCUT2D eigenvalue weighted by molar-refractivity contribution is -0.00195. The van der Waals surface area contributed by atoms with Crippen LogP contribution >= 0.6 is 23.4 Å². The highest BCUT2D eigenvalue weighted by molar-refractivity contribution is 7.98. The van der Waals surface area contributed by atoms with Crippen molar-refractivity contribution in [2.45, 2.75) is 25.4 Å². The molecule has 1 fully saturated rings. The molecule has 0 amide bonds. The van der Waals surface area contributed by atoms with E-state index in [9.17, 15) is 0 Å². The Hall–Kier alpha value is -0.180. The van der Waals surface area contributed by atoms with Crippen LogP contribution in [0.2, 0.25) is 5.02 Å². The van der Waals surface area contributed by atoms with Gasteiger partial charge in [0.2, 0.25) is 0 Å². The molecule has 0 aliphatic carbocycles. The van der Waals surface area contributed by atoms with E-state index < -0.39 is 0 Å². The number of hydrogen-bond acceptors (Lipinski definition) is 2. The van der Waals surface area contributed by atoms with Gasteiger partial charge in [-0.1, -0.05) is 23.7 Å². The van der Waals surface area contributed by atoms with Gasteiger partial charge in [-0.3, -0.25) is 0 Å². The standard InChI is InChI=1S/C14H19ClOS/c1-17-10-14-7-4-12(9-16-14)8-11-2-5-13(15)6-3-11/h2-3,5-6,12,14H,4,7-10H2,1H3/t12-,14+/m0/s1. The second-order valence-electron chi connectivity index (χ2n) is 4.68. The molecule has 1 aromatic rings. The summed E-state index contributed by atoms with van der Waals surface area (Å²) in [5, 5.41) is 0.814. The molecule has 1 heterocycles. The molecule has 1 aliphatic heterocycles. The molecule has 3 heteroatoms. The van der Waals surface area contributed by atoms with E-state index >= 15 is 0 Å². The maximum atomic E-state index is 5.88. The third-order valence-electron chi connectivity index (χ3n) is 3.25. The van der Waals surface area contributed by atoms with E-state index in [1.54, 1.807) is 0 Å². The van der Waals surface area contributed by atoms with Crippen molar-refractivity contribution in [2.24, 2.45) is 5.92 Å². The predicted octanol–water partition coefficient (Wildman–Crippen LogP) is 4.04. The van der Waals surface area contributed by atoms with E-state index in [1.165, 1.54) is 18.4 Å². The monoisotopic (exact) mass is 270 g/mol. The molecule has 1 aromatic carbocycles. The molecule has 94 valence electrons. The van der Waals surface area contributed by atoms with Crippen molar-refractivity contribution in [2.75, 3.05) is 18.6 Å². The van der Waals surface area contributed by atoms with Crippen molar-refractivity contribution in [1.29, 1.82) is 0 Å². The average Bonchev–Trinajstić information content (AvgIpc) is 2.35. The zero-order chi connectivity index (χ0) is 12.1. The minimum Gasteiger partial charge on any atom is -0.377 e. The first-order valence-corrected chi connectivity index (χ1v) is 7.90. The third-order valence-corrected chi connectivity index (χ3v) is 4.21. The molecule has 0 unspecified atom stereocenters. The molecule has 2 atom stereocenters.